The van der Waals surface area contributed by atoms with Crippen LogP contribution in [0.2, 0.25) is 0 Å². The van der Waals surface area contributed by atoms with Gasteiger partial charge in [0, 0.05) is 18.0 Å². The van der Waals surface area contributed by atoms with E-state index < -0.39 is 17.6 Å². The number of aryl methyl sites for hydroxylation is 3. The average Bonchev–Trinajstić information content (AvgIpc) is 2.65. The Balaban J connectivity index is 2.05. The second-order valence-corrected chi connectivity index (χ2v) is 6.48. The van der Waals surface area contributed by atoms with Crippen LogP contribution in [0.5, 0.6) is 0 Å². The molecule has 0 saturated carbocycles. The maximum absolute atomic E-state index is 14.0. The van der Waals surface area contributed by atoms with Gasteiger partial charge in [-0.2, -0.15) is 0 Å². The van der Waals surface area contributed by atoms with Crippen molar-refractivity contribution in [3.8, 4) is 0 Å². The van der Waals surface area contributed by atoms with Gasteiger partial charge in [0.25, 0.3) is 0 Å². The molecule has 3 aromatic rings. The topological polar surface area (TPSA) is 61.2 Å². The zero-order chi connectivity index (χ0) is 20.3. The number of hydrogen-bond acceptors (Lipinski definition) is 4. The highest BCUT2D eigenvalue weighted by molar-refractivity contribution is 5.78. The van der Waals surface area contributed by atoms with Crippen LogP contribution >= 0.6 is 0 Å². The number of halogens is 2. The van der Waals surface area contributed by atoms with Gasteiger partial charge in [-0.3, -0.25) is 14.6 Å². The Bertz CT molecular complexity index is 1090. The Kier molecular flexibility index (Phi) is 5.82. The normalized spacial score (nSPS) is 11.0. The van der Waals surface area contributed by atoms with Gasteiger partial charge in [-0.15, -0.1) is 0 Å². The predicted octanol–water partition coefficient (Wildman–Crippen LogP) is 3.33. The van der Waals surface area contributed by atoms with E-state index in [2.05, 4.69) is 4.98 Å². The van der Waals surface area contributed by atoms with Crippen LogP contribution in [-0.2, 0) is 28.9 Å². The van der Waals surface area contributed by atoms with Crippen LogP contribution in [0.1, 0.15) is 23.7 Å². The van der Waals surface area contributed by atoms with Gasteiger partial charge in [-0.25, -0.2) is 8.78 Å². The maximum atomic E-state index is 14.0. The molecule has 3 rings (SSSR count). The summed E-state index contributed by atoms with van der Waals surface area (Å²) in [6.45, 7) is 3.68. The SMILES string of the molecule is CCOC(=O)Cn1c(CCc2cccc(F)c2F)cc(=O)c2ncc(C)cc21. The summed E-state index contributed by atoms with van der Waals surface area (Å²) in [4.78, 5) is 28.8. The molecule has 0 saturated heterocycles. The Morgan fingerprint density at radius 2 is 2.00 bits per heavy atom. The molecule has 5 nitrogen and oxygen atoms in total. The first-order chi connectivity index (χ1) is 13.4. The monoisotopic (exact) mass is 386 g/mol. The molecule has 0 fully saturated rings. The molecule has 0 aliphatic heterocycles. The molecule has 146 valence electrons. The second kappa shape index (κ2) is 8.29. The van der Waals surface area contributed by atoms with Crippen LogP contribution in [-0.4, -0.2) is 22.1 Å². The van der Waals surface area contributed by atoms with Crippen LogP contribution in [0, 0.1) is 18.6 Å². The zero-order valence-electron chi connectivity index (χ0n) is 15.7. The summed E-state index contributed by atoms with van der Waals surface area (Å²) in [6.07, 6.45) is 2.01. The summed E-state index contributed by atoms with van der Waals surface area (Å²) in [5.41, 5.74) is 2.03. The first-order valence-electron chi connectivity index (χ1n) is 8.98. The van der Waals surface area contributed by atoms with E-state index in [1.165, 1.54) is 18.2 Å². The molecule has 0 radical (unpaired) electrons. The van der Waals surface area contributed by atoms with E-state index in [4.69, 9.17) is 4.74 Å². The van der Waals surface area contributed by atoms with Crippen molar-refractivity contribution in [1.82, 2.24) is 9.55 Å². The van der Waals surface area contributed by atoms with Gasteiger partial charge >= 0.3 is 5.97 Å². The number of benzene rings is 1. The lowest BCUT2D eigenvalue weighted by Crippen LogP contribution is -2.21. The smallest absolute Gasteiger partial charge is 0.325 e. The number of aromatic nitrogens is 2. The number of hydrogen-bond donors (Lipinski definition) is 0. The number of carbonyl (C=O) groups excluding carboxylic acids is 1. The number of esters is 1. The van der Waals surface area contributed by atoms with Crippen LogP contribution in [0.3, 0.4) is 0 Å². The van der Waals surface area contributed by atoms with Crippen LogP contribution in [0.15, 0.2) is 41.3 Å². The molecule has 0 N–H and O–H groups in total. The van der Waals surface area contributed by atoms with Gasteiger partial charge < -0.3 is 9.30 Å². The summed E-state index contributed by atoms with van der Waals surface area (Å²) >= 11 is 0. The Morgan fingerprint density at radius 3 is 2.75 bits per heavy atom. The maximum Gasteiger partial charge on any atom is 0.325 e. The van der Waals surface area contributed by atoms with Crippen LogP contribution in [0.25, 0.3) is 11.0 Å². The first kappa shape index (κ1) is 19.7. The van der Waals surface area contributed by atoms with Crippen molar-refractivity contribution >= 4 is 17.0 Å². The fourth-order valence-corrected chi connectivity index (χ4v) is 3.14. The van der Waals surface area contributed by atoms with Gasteiger partial charge in [-0.05, 0) is 49.9 Å². The Morgan fingerprint density at radius 1 is 1.21 bits per heavy atom. The number of rotatable bonds is 6. The van der Waals surface area contributed by atoms with E-state index >= 15 is 0 Å². The van der Waals surface area contributed by atoms with Crippen molar-refractivity contribution in [2.24, 2.45) is 0 Å². The molecule has 2 aromatic heterocycles. The highest BCUT2D eigenvalue weighted by atomic mass is 19.2. The Labute approximate surface area is 160 Å². The third-order valence-electron chi connectivity index (χ3n) is 4.45. The van der Waals surface area contributed by atoms with Gasteiger partial charge in [0.15, 0.2) is 11.6 Å². The van der Waals surface area contributed by atoms with E-state index in [-0.39, 0.29) is 42.5 Å². The van der Waals surface area contributed by atoms with Crippen molar-refractivity contribution in [1.29, 1.82) is 0 Å². The highest BCUT2D eigenvalue weighted by Crippen LogP contribution is 2.17. The van der Waals surface area contributed by atoms with Crippen molar-refractivity contribution in [3.05, 3.63) is 75.2 Å². The molecule has 2 heterocycles. The third-order valence-corrected chi connectivity index (χ3v) is 4.45. The summed E-state index contributed by atoms with van der Waals surface area (Å²) in [7, 11) is 0. The number of nitrogens with zero attached hydrogens (tertiary/aromatic N) is 2. The van der Waals surface area contributed by atoms with E-state index in [0.717, 1.165) is 11.6 Å². The highest BCUT2D eigenvalue weighted by Gasteiger charge is 2.15. The lowest BCUT2D eigenvalue weighted by atomic mass is 10.1. The molecule has 0 unspecified atom stereocenters. The average molecular weight is 386 g/mol. The second-order valence-electron chi connectivity index (χ2n) is 6.48. The molecule has 7 heteroatoms. The molecule has 0 spiro atoms. The standard InChI is InChI=1S/C21H20F2N2O3/c1-3-28-19(27)12-25-15(8-7-14-5-4-6-16(22)20(14)23)10-18(26)21-17(25)9-13(2)11-24-21/h4-6,9-11H,3,7-8,12H2,1-2H3. The molecule has 0 aliphatic carbocycles. The molecule has 1 aromatic carbocycles. The summed E-state index contributed by atoms with van der Waals surface area (Å²) in [5, 5.41) is 0. The van der Waals surface area contributed by atoms with E-state index in [9.17, 15) is 18.4 Å². The lowest BCUT2D eigenvalue weighted by Gasteiger charge is -2.16. The lowest BCUT2D eigenvalue weighted by molar-refractivity contribution is -0.143. The van der Waals surface area contributed by atoms with E-state index in [0.29, 0.717) is 11.2 Å². The molecule has 0 aliphatic rings. The zero-order valence-corrected chi connectivity index (χ0v) is 15.7. The summed E-state index contributed by atoms with van der Waals surface area (Å²) in [5.74, 6) is -2.27. The number of carbonyl (C=O) groups is 1. The minimum Gasteiger partial charge on any atom is -0.465 e. The number of ether oxygens (including phenoxy) is 1. The molecule has 0 amide bonds. The third kappa shape index (κ3) is 4.08. The molecular formula is C21H20F2N2O3. The first-order valence-corrected chi connectivity index (χ1v) is 8.98. The van der Waals surface area contributed by atoms with E-state index in [1.807, 2.05) is 6.92 Å². The van der Waals surface area contributed by atoms with Gasteiger partial charge in [0.1, 0.15) is 12.1 Å². The number of pyridine rings is 2. The molecular weight excluding hydrogens is 366 g/mol. The van der Waals surface area contributed by atoms with Crippen molar-refractivity contribution in [2.75, 3.05) is 6.61 Å². The van der Waals surface area contributed by atoms with Crippen molar-refractivity contribution in [3.63, 3.8) is 0 Å². The Hall–Kier alpha value is -3.09. The van der Waals surface area contributed by atoms with Crippen molar-refractivity contribution < 1.29 is 18.3 Å². The molecule has 0 atom stereocenters. The molecule has 28 heavy (non-hydrogen) atoms. The quantitative estimate of drug-likeness (QED) is 0.610. The fraction of sp³-hybridized carbons (Fsp3) is 0.286. The van der Waals surface area contributed by atoms with Crippen LogP contribution < -0.4 is 5.43 Å². The van der Waals surface area contributed by atoms with Gasteiger partial charge in [0.2, 0.25) is 5.43 Å². The fourth-order valence-electron chi connectivity index (χ4n) is 3.14. The molecule has 0 bridgehead atoms. The van der Waals surface area contributed by atoms with Crippen molar-refractivity contribution in [2.45, 2.75) is 33.2 Å². The largest absolute Gasteiger partial charge is 0.465 e. The van der Waals surface area contributed by atoms with Gasteiger partial charge in [0.05, 0.1) is 12.1 Å². The predicted molar refractivity (Wildman–Crippen MR) is 101 cm³/mol. The summed E-state index contributed by atoms with van der Waals surface area (Å²) < 4.78 is 34.1. The minimum absolute atomic E-state index is 0.100. The minimum atomic E-state index is -0.917. The van der Waals surface area contributed by atoms with E-state index in [1.54, 1.807) is 23.8 Å². The summed E-state index contributed by atoms with van der Waals surface area (Å²) in [6, 6.07) is 7.16. The number of fused-ring (bicyclic) bond motifs is 1. The van der Waals surface area contributed by atoms with Crippen LogP contribution in [0.4, 0.5) is 8.78 Å². The van der Waals surface area contributed by atoms with Gasteiger partial charge in [-0.1, -0.05) is 12.1 Å².